The maximum Gasteiger partial charge on any atom is 0.168 e. The molecule has 0 aliphatic carbocycles. The predicted molar refractivity (Wildman–Crippen MR) is 66.2 cm³/mol. The van der Waals surface area contributed by atoms with Crippen molar-refractivity contribution in [2.75, 3.05) is 5.32 Å². The van der Waals surface area contributed by atoms with Gasteiger partial charge in [0.15, 0.2) is 17.2 Å². The Balaban J connectivity index is 1.85. The normalized spacial score (nSPS) is 10.7. The molecule has 0 bridgehead atoms. The lowest BCUT2D eigenvalue weighted by Crippen LogP contribution is -2.06. The Bertz CT molecular complexity index is 679. The molecule has 6 nitrogen and oxygen atoms in total. The van der Waals surface area contributed by atoms with E-state index in [1.165, 1.54) is 6.33 Å². The highest BCUT2D eigenvalue weighted by Crippen LogP contribution is 2.19. The fourth-order valence-electron chi connectivity index (χ4n) is 1.74. The lowest BCUT2D eigenvalue weighted by Gasteiger charge is -2.08. The molecule has 3 heterocycles. The zero-order chi connectivity index (χ0) is 12.4. The number of hydrogen-bond acceptors (Lipinski definition) is 5. The Kier molecular flexibility index (Phi) is 2.53. The van der Waals surface area contributed by atoms with E-state index < -0.39 is 0 Å². The molecule has 0 spiro atoms. The number of hydrogen-bond donors (Lipinski definition) is 2. The number of nitrogens with zero attached hydrogens (tertiary/aromatic N) is 4. The SMILES string of the molecule is Oc1cccnc1NCc1cccc2ncnn12. The van der Waals surface area contributed by atoms with Gasteiger partial charge < -0.3 is 10.4 Å². The van der Waals surface area contributed by atoms with Crippen LogP contribution >= 0.6 is 0 Å². The first kappa shape index (κ1) is 10.5. The lowest BCUT2D eigenvalue weighted by atomic mass is 10.3. The van der Waals surface area contributed by atoms with Gasteiger partial charge in [0.25, 0.3) is 0 Å². The van der Waals surface area contributed by atoms with Crippen molar-refractivity contribution in [2.45, 2.75) is 6.54 Å². The third-order valence-corrected chi connectivity index (χ3v) is 2.60. The van der Waals surface area contributed by atoms with Crippen molar-refractivity contribution < 1.29 is 5.11 Å². The maximum atomic E-state index is 9.60. The molecule has 0 amide bonds. The molecule has 3 aromatic rings. The first-order valence-electron chi connectivity index (χ1n) is 5.50. The standard InChI is InChI=1S/C12H11N5O/c18-10-4-2-6-13-12(10)14-7-9-3-1-5-11-15-8-16-17(9)11/h1-6,8,18H,7H2,(H,13,14). The van der Waals surface area contributed by atoms with Crippen molar-refractivity contribution >= 4 is 11.5 Å². The summed E-state index contributed by atoms with van der Waals surface area (Å²) in [6.45, 7) is 0.505. The molecule has 2 N–H and O–H groups in total. The molecule has 3 aromatic heterocycles. The van der Waals surface area contributed by atoms with Crippen LogP contribution in [0.2, 0.25) is 0 Å². The second kappa shape index (κ2) is 4.33. The van der Waals surface area contributed by atoms with Gasteiger partial charge in [-0.25, -0.2) is 14.5 Å². The highest BCUT2D eigenvalue weighted by atomic mass is 16.3. The molecule has 90 valence electrons. The zero-order valence-electron chi connectivity index (χ0n) is 9.48. The summed E-state index contributed by atoms with van der Waals surface area (Å²) in [5, 5.41) is 16.8. The first-order chi connectivity index (χ1) is 8.84. The zero-order valence-corrected chi connectivity index (χ0v) is 9.48. The van der Waals surface area contributed by atoms with Crippen molar-refractivity contribution in [1.82, 2.24) is 19.6 Å². The van der Waals surface area contributed by atoms with Crippen molar-refractivity contribution in [3.8, 4) is 5.75 Å². The summed E-state index contributed by atoms with van der Waals surface area (Å²) in [4.78, 5) is 8.17. The van der Waals surface area contributed by atoms with Gasteiger partial charge in [0.1, 0.15) is 6.33 Å². The van der Waals surface area contributed by atoms with Gasteiger partial charge in [0.2, 0.25) is 0 Å². The number of fused-ring (bicyclic) bond motifs is 1. The fraction of sp³-hybridized carbons (Fsp3) is 0.0833. The summed E-state index contributed by atoms with van der Waals surface area (Å²) in [5.74, 6) is 0.581. The van der Waals surface area contributed by atoms with Crippen LogP contribution in [0.15, 0.2) is 42.9 Å². The lowest BCUT2D eigenvalue weighted by molar-refractivity contribution is 0.475. The number of nitrogens with one attached hydrogen (secondary N) is 1. The summed E-state index contributed by atoms with van der Waals surface area (Å²) >= 11 is 0. The van der Waals surface area contributed by atoms with Crippen molar-refractivity contribution in [3.05, 3.63) is 48.5 Å². The average Bonchev–Trinajstić information content (AvgIpc) is 2.86. The van der Waals surface area contributed by atoms with E-state index in [0.29, 0.717) is 12.4 Å². The average molecular weight is 241 g/mol. The highest BCUT2D eigenvalue weighted by molar-refractivity contribution is 5.48. The van der Waals surface area contributed by atoms with E-state index >= 15 is 0 Å². The molecular weight excluding hydrogens is 230 g/mol. The third-order valence-electron chi connectivity index (χ3n) is 2.60. The van der Waals surface area contributed by atoms with Crippen LogP contribution in [0.1, 0.15) is 5.69 Å². The molecule has 0 saturated heterocycles. The van der Waals surface area contributed by atoms with E-state index in [0.717, 1.165) is 11.3 Å². The largest absolute Gasteiger partial charge is 0.504 e. The molecule has 0 unspecified atom stereocenters. The molecule has 0 atom stereocenters. The molecule has 0 aliphatic heterocycles. The molecule has 0 saturated carbocycles. The predicted octanol–water partition coefficient (Wildman–Crippen LogP) is 1.44. The topological polar surface area (TPSA) is 75.3 Å². The van der Waals surface area contributed by atoms with Crippen molar-refractivity contribution in [2.24, 2.45) is 0 Å². The van der Waals surface area contributed by atoms with Gasteiger partial charge >= 0.3 is 0 Å². The van der Waals surface area contributed by atoms with E-state index in [9.17, 15) is 5.11 Å². The van der Waals surface area contributed by atoms with Crippen LogP contribution in [0.25, 0.3) is 5.65 Å². The number of rotatable bonds is 3. The Hall–Kier alpha value is -2.63. The summed E-state index contributed by atoms with van der Waals surface area (Å²) < 4.78 is 1.74. The van der Waals surface area contributed by atoms with Crippen LogP contribution in [-0.2, 0) is 6.54 Å². The van der Waals surface area contributed by atoms with Gasteiger partial charge in [-0.1, -0.05) is 6.07 Å². The van der Waals surface area contributed by atoms with Crippen LogP contribution in [0.5, 0.6) is 5.75 Å². The van der Waals surface area contributed by atoms with Crippen LogP contribution in [0, 0.1) is 0 Å². The fourth-order valence-corrected chi connectivity index (χ4v) is 1.74. The van der Waals surface area contributed by atoms with Gasteiger partial charge in [-0.05, 0) is 24.3 Å². The maximum absolute atomic E-state index is 9.60. The van der Waals surface area contributed by atoms with Crippen molar-refractivity contribution in [1.29, 1.82) is 0 Å². The van der Waals surface area contributed by atoms with Gasteiger partial charge in [-0.2, -0.15) is 5.10 Å². The van der Waals surface area contributed by atoms with Gasteiger partial charge in [-0.3, -0.25) is 0 Å². The monoisotopic (exact) mass is 241 g/mol. The number of aromatic nitrogens is 4. The van der Waals surface area contributed by atoms with Crippen LogP contribution in [0.3, 0.4) is 0 Å². The molecule has 0 aromatic carbocycles. The minimum Gasteiger partial charge on any atom is -0.504 e. The Labute approximate surface area is 103 Å². The molecule has 0 radical (unpaired) electrons. The molecule has 0 fully saturated rings. The molecule has 6 heteroatoms. The number of aromatic hydroxyl groups is 1. The van der Waals surface area contributed by atoms with E-state index in [-0.39, 0.29) is 5.75 Å². The molecule has 0 aliphatic rings. The second-order valence-electron chi connectivity index (χ2n) is 3.77. The van der Waals surface area contributed by atoms with Crippen LogP contribution < -0.4 is 5.32 Å². The molecule has 18 heavy (non-hydrogen) atoms. The quantitative estimate of drug-likeness (QED) is 0.725. The summed E-state index contributed by atoms with van der Waals surface area (Å²) in [6, 6.07) is 9.01. The van der Waals surface area contributed by atoms with E-state index in [1.54, 1.807) is 22.8 Å². The second-order valence-corrected chi connectivity index (χ2v) is 3.77. The third kappa shape index (κ3) is 1.84. The molecular formula is C12H11N5O. The van der Waals surface area contributed by atoms with Crippen molar-refractivity contribution in [3.63, 3.8) is 0 Å². The van der Waals surface area contributed by atoms with E-state index in [2.05, 4.69) is 20.4 Å². The Morgan fingerprint density at radius 2 is 2.11 bits per heavy atom. The van der Waals surface area contributed by atoms with Gasteiger partial charge in [-0.15, -0.1) is 0 Å². The smallest absolute Gasteiger partial charge is 0.168 e. The summed E-state index contributed by atoms with van der Waals surface area (Å²) in [6.07, 6.45) is 3.13. The summed E-state index contributed by atoms with van der Waals surface area (Å²) in [7, 11) is 0. The summed E-state index contributed by atoms with van der Waals surface area (Å²) in [5.41, 5.74) is 1.73. The highest BCUT2D eigenvalue weighted by Gasteiger charge is 2.04. The van der Waals surface area contributed by atoms with Crippen LogP contribution in [-0.4, -0.2) is 24.7 Å². The molecule has 3 rings (SSSR count). The van der Waals surface area contributed by atoms with Gasteiger partial charge in [0, 0.05) is 6.20 Å². The van der Waals surface area contributed by atoms with E-state index in [1.807, 2.05) is 18.2 Å². The van der Waals surface area contributed by atoms with Gasteiger partial charge in [0.05, 0.1) is 12.2 Å². The van der Waals surface area contributed by atoms with Crippen LogP contribution in [0.4, 0.5) is 5.82 Å². The number of pyridine rings is 2. The first-order valence-corrected chi connectivity index (χ1v) is 5.50. The number of anilines is 1. The Morgan fingerprint density at radius 1 is 1.17 bits per heavy atom. The minimum absolute atomic E-state index is 0.128. The minimum atomic E-state index is 0.128. The van der Waals surface area contributed by atoms with E-state index in [4.69, 9.17) is 0 Å². The Morgan fingerprint density at radius 3 is 3.00 bits per heavy atom.